The smallest absolute Gasteiger partial charge is 0.383 e. The van der Waals surface area contributed by atoms with Crippen LogP contribution in [0.1, 0.15) is 22.5 Å². The van der Waals surface area contributed by atoms with E-state index in [-0.39, 0.29) is 6.07 Å². The van der Waals surface area contributed by atoms with E-state index >= 15 is 0 Å². The Morgan fingerprint density at radius 1 is 1.59 bits per heavy atom. The number of carbonyl (C=O) groups excluding carboxylic acids is 1. The number of hydrogen-bond acceptors (Lipinski definition) is 5. The molecule has 0 N–H and O–H groups in total. The summed E-state index contributed by atoms with van der Waals surface area (Å²) in [6.45, 7) is 0. The van der Waals surface area contributed by atoms with Crippen LogP contribution in [0.4, 0.5) is 19.0 Å². The molecule has 0 saturated heterocycles. The van der Waals surface area contributed by atoms with Crippen molar-refractivity contribution in [2.24, 2.45) is 0 Å². The summed E-state index contributed by atoms with van der Waals surface area (Å²) < 4.78 is 42.2. The number of pyridine rings is 1. The second-order valence-electron chi connectivity index (χ2n) is 2.77. The first kappa shape index (κ1) is 12.9. The average molecular weight is 250 g/mol. The molecule has 92 valence electrons. The van der Waals surface area contributed by atoms with Gasteiger partial charge >= 0.3 is 11.8 Å². The second-order valence-corrected chi connectivity index (χ2v) is 2.77. The lowest BCUT2D eigenvalue weighted by Gasteiger charge is -2.04. The third-order valence-electron chi connectivity index (χ3n) is 1.78. The van der Waals surface area contributed by atoms with Crippen molar-refractivity contribution >= 4 is 11.8 Å². The number of nitrogens with zero attached hydrogens (tertiary/aromatic N) is 2. The quantitative estimate of drug-likeness (QED) is 0.464. The van der Waals surface area contributed by atoms with Crippen molar-refractivity contribution < 1.29 is 27.6 Å². The molecule has 0 aromatic carbocycles. The Hall–Kier alpha value is -2.19. The SMILES string of the molecule is COC(=O)c1nc([N+](=O)[O-])cc(F)c1C(F)F. The van der Waals surface area contributed by atoms with E-state index in [2.05, 4.69) is 9.72 Å². The molecular formula is C8H5F3N2O4. The number of methoxy groups -OCH3 is 1. The van der Waals surface area contributed by atoms with E-state index in [0.29, 0.717) is 0 Å². The number of halogens is 3. The van der Waals surface area contributed by atoms with E-state index in [1.807, 2.05) is 0 Å². The molecule has 0 unspecified atom stereocenters. The molecule has 6 nitrogen and oxygen atoms in total. The molecule has 0 amide bonds. The van der Waals surface area contributed by atoms with Crippen LogP contribution in [0, 0.1) is 15.9 Å². The molecular weight excluding hydrogens is 245 g/mol. The zero-order valence-corrected chi connectivity index (χ0v) is 8.32. The molecule has 0 aliphatic heterocycles. The maximum absolute atomic E-state index is 13.2. The van der Waals surface area contributed by atoms with Crippen molar-refractivity contribution in [2.75, 3.05) is 7.11 Å². The number of rotatable bonds is 3. The van der Waals surface area contributed by atoms with Gasteiger partial charge in [-0.05, 0) is 9.91 Å². The van der Waals surface area contributed by atoms with Crippen LogP contribution >= 0.6 is 0 Å². The zero-order chi connectivity index (χ0) is 13.2. The van der Waals surface area contributed by atoms with E-state index in [4.69, 9.17) is 0 Å². The number of carbonyl (C=O) groups is 1. The topological polar surface area (TPSA) is 82.3 Å². The van der Waals surface area contributed by atoms with Gasteiger partial charge in [-0.3, -0.25) is 0 Å². The van der Waals surface area contributed by atoms with Crippen LogP contribution in [-0.2, 0) is 4.74 Å². The Labute approximate surface area is 92.2 Å². The molecule has 0 fully saturated rings. The molecule has 1 heterocycles. The number of ether oxygens (including phenoxy) is 1. The summed E-state index contributed by atoms with van der Waals surface area (Å²) in [5.74, 6) is -4.00. The zero-order valence-electron chi connectivity index (χ0n) is 8.32. The van der Waals surface area contributed by atoms with E-state index in [9.17, 15) is 28.1 Å². The summed E-state index contributed by atoms with van der Waals surface area (Å²) in [6, 6.07) is 0.216. The third kappa shape index (κ3) is 2.49. The molecule has 0 saturated carbocycles. The van der Waals surface area contributed by atoms with Gasteiger partial charge in [-0.1, -0.05) is 0 Å². The van der Waals surface area contributed by atoms with Crippen molar-refractivity contribution in [3.8, 4) is 0 Å². The lowest BCUT2D eigenvalue weighted by atomic mass is 10.2. The van der Waals surface area contributed by atoms with Gasteiger partial charge in [0.05, 0.1) is 13.2 Å². The fraction of sp³-hybridized carbons (Fsp3) is 0.250. The van der Waals surface area contributed by atoms with Crippen molar-refractivity contribution in [3.05, 3.63) is 33.3 Å². The number of hydrogen-bond donors (Lipinski definition) is 0. The molecule has 0 aliphatic rings. The Morgan fingerprint density at radius 3 is 2.59 bits per heavy atom. The van der Waals surface area contributed by atoms with Gasteiger partial charge in [0, 0.05) is 0 Å². The second kappa shape index (κ2) is 4.76. The minimum Gasteiger partial charge on any atom is -0.463 e. The number of alkyl halides is 2. The van der Waals surface area contributed by atoms with Gasteiger partial charge in [0.1, 0.15) is 11.4 Å². The van der Waals surface area contributed by atoms with Crippen LogP contribution in [0.15, 0.2) is 6.07 Å². The fourth-order valence-corrected chi connectivity index (χ4v) is 1.06. The number of esters is 1. The maximum atomic E-state index is 13.2. The minimum absolute atomic E-state index is 0.216. The van der Waals surface area contributed by atoms with E-state index < -0.39 is 40.2 Å². The van der Waals surface area contributed by atoms with Crippen LogP contribution in [-0.4, -0.2) is 23.0 Å². The summed E-state index contributed by atoms with van der Waals surface area (Å²) in [4.78, 5) is 23.3. The highest BCUT2D eigenvalue weighted by Gasteiger charge is 2.32. The molecule has 0 aliphatic carbocycles. The Morgan fingerprint density at radius 2 is 2.18 bits per heavy atom. The Balaban J connectivity index is 3.50. The van der Waals surface area contributed by atoms with Crippen LogP contribution in [0.25, 0.3) is 0 Å². The first-order valence-electron chi connectivity index (χ1n) is 4.09. The van der Waals surface area contributed by atoms with Crippen molar-refractivity contribution in [2.45, 2.75) is 6.43 Å². The lowest BCUT2D eigenvalue weighted by molar-refractivity contribution is -0.389. The molecule has 1 aromatic heterocycles. The largest absolute Gasteiger partial charge is 0.463 e. The summed E-state index contributed by atoms with van der Waals surface area (Å²) >= 11 is 0. The number of aromatic nitrogens is 1. The predicted molar refractivity (Wildman–Crippen MR) is 47.1 cm³/mol. The van der Waals surface area contributed by atoms with E-state index in [0.717, 1.165) is 7.11 Å². The van der Waals surface area contributed by atoms with Crippen molar-refractivity contribution in [1.29, 1.82) is 0 Å². The van der Waals surface area contributed by atoms with E-state index in [1.54, 1.807) is 0 Å². The van der Waals surface area contributed by atoms with Gasteiger partial charge in [0.2, 0.25) is 0 Å². The highest BCUT2D eigenvalue weighted by atomic mass is 19.3. The highest BCUT2D eigenvalue weighted by molar-refractivity contribution is 5.89. The van der Waals surface area contributed by atoms with Gasteiger partial charge in [0.25, 0.3) is 12.1 Å². The molecule has 9 heteroatoms. The van der Waals surface area contributed by atoms with E-state index in [1.165, 1.54) is 0 Å². The monoisotopic (exact) mass is 250 g/mol. The van der Waals surface area contributed by atoms with Gasteiger partial charge in [-0.15, -0.1) is 0 Å². The fourth-order valence-electron chi connectivity index (χ4n) is 1.06. The minimum atomic E-state index is -3.34. The van der Waals surface area contributed by atoms with Crippen LogP contribution in [0.5, 0.6) is 0 Å². The highest BCUT2D eigenvalue weighted by Crippen LogP contribution is 2.27. The van der Waals surface area contributed by atoms with Crippen molar-refractivity contribution in [3.63, 3.8) is 0 Å². The normalized spacial score (nSPS) is 10.4. The molecule has 1 rings (SSSR count). The van der Waals surface area contributed by atoms with Gasteiger partial charge < -0.3 is 14.9 Å². The molecule has 17 heavy (non-hydrogen) atoms. The Kier molecular flexibility index (Phi) is 3.61. The summed E-state index contributed by atoms with van der Waals surface area (Å²) in [5, 5.41) is 10.3. The first-order valence-corrected chi connectivity index (χ1v) is 4.09. The van der Waals surface area contributed by atoms with Gasteiger partial charge in [-0.2, -0.15) is 0 Å². The molecule has 0 bridgehead atoms. The summed E-state index contributed by atoms with van der Waals surface area (Å²) in [7, 11) is 0.857. The van der Waals surface area contributed by atoms with Crippen molar-refractivity contribution in [1.82, 2.24) is 4.98 Å². The number of nitro groups is 1. The van der Waals surface area contributed by atoms with Crippen LogP contribution in [0.2, 0.25) is 0 Å². The average Bonchev–Trinajstić information content (AvgIpc) is 2.26. The van der Waals surface area contributed by atoms with Gasteiger partial charge in [0.15, 0.2) is 0 Å². The van der Waals surface area contributed by atoms with Gasteiger partial charge in [-0.25, -0.2) is 18.0 Å². The van der Waals surface area contributed by atoms with Crippen LogP contribution < -0.4 is 0 Å². The summed E-state index contributed by atoms with van der Waals surface area (Å²) in [5.41, 5.74) is -2.42. The predicted octanol–water partition coefficient (Wildman–Crippen LogP) is 1.85. The standard InChI is InChI=1S/C8H5F3N2O4/c1-17-8(14)6-5(7(10)11)3(9)2-4(12-6)13(15)16/h2,7H,1H3. The third-order valence-corrected chi connectivity index (χ3v) is 1.78. The Bertz CT molecular complexity index is 478. The molecule has 0 atom stereocenters. The first-order chi connectivity index (χ1) is 7.88. The summed E-state index contributed by atoms with van der Waals surface area (Å²) in [6.07, 6.45) is -3.34. The molecule has 0 radical (unpaired) electrons. The lowest BCUT2D eigenvalue weighted by Crippen LogP contribution is -2.12. The van der Waals surface area contributed by atoms with Crippen LogP contribution in [0.3, 0.4) is 0 Å². The molecule has 1 aromatic rings. The maximum Gasteiger partial charge on any atom is 0.383 e. The molecule has 0 spiro atoms.